The van der Waals surface area contributed by atoms with Crippen LogP contribution in [0.3, 0.4) is 0 Å². The molecule has 0 radical (unpaired) electrons. The zero-order chi connectivity index (χ0) is 20.2. The fourth-order valence-corrected chi connectivity index (χ4v) is 3.05. The molecule has 0 unspecified atom stereocenters. The third kappa shape index (κ3) is 3.92. The van der Waals surface area contributed by atoms with Gasteiger partial charge in [0, 0.05) is 24.4 Å². The fraction of sp³-hybridized carbons (Fsp3) is 0.143. The van der Waals surface area contributed by atoms with Crippen LogP contribution in [0.15, 0.2) is 71.5 Å². The van der Waals surface area contributed by atoms with E-state index in [1.165, 1.54) is 4.40 Å². The lowest BCUT2D eigenvalue weighted by Gasteiger charge is -2.06. The first-order chi connectivity index (χ1) is 14.2. The number of carbonyl (C=O) groups excluding carboxylic acids is 1. The van der Waals surface area contributed by atoms with Crippen LogP contribution in [0.4, 0.5) is 5.69 Å². The van der Waals surface area contributed by atoms with Crippen molar-refractivity contribution in [2.75, 3.05) is 12.4 Å². The maximum absolute atomic E-state index is 13.0. The van der Waals surface area contributed by atoms with Crippen LogP contribution >= 0.6 is 0 Å². The maximum atomic E-state index is 13.0. The summed E-state index contributed by atoms with van der Waals surface area (Å²) in [5.41, 5.74) is 2.04. The monoisotopic (exact) mass is 389 g/mol. The number of benzene rings is 2. The molecule has 2 aromatic heterocycles. The third-order valence-electron chi connectivity index (χ3n) is 4.30. The molecule has 4 aromatic rings. The van der Waals surface area contributed by atoms with Gasteiger partial charge in [0.2, 0.25) is 5.91 Å². The predicted octanol–water partition coefficient (Wildman–Crippen LogP) is 2.34. The second kappa shape index (κ2) is 8.07. The van der Waals surface area contributed by atoms with E-state index in [-0.39, 0.29) is 19.1 Å². The SMILES string of the molecule is COCc1cc2nn(CC(=O)Nc3ccccc3)c(=O)n2c(-c2ccccc2)n1. The van der Waals surface area contributed by atoms with Crippen molar-refractivity contribution in [2.45, 2.75) is 13.2 Å². The number of ether oxygens (including phenoxy) is 1. The molecule has 146 valence electrons. The Balaban J connectivity index is 1.74. The number of hydrogen-bond donors (Lipinski definition) is 1. The summed E-state index contributed by atoms with van der Waals surface area (Å²) in [6.45, 7) is 0.0785. The molecule has 0 atom stereocenters. The number of hydrogen-bond acceptors (Lipinski definition) is 5. The van der Waals surface area contributed by atoms with E-state index in [4.69, 9.17) is 4.74 Å². The Morgan fingerprint density at radius 1 is 1.07 bits per heavy atom. The zero-order valence-corrected chi connectivity index (χ0v) is 15.8. The van der Waals surface area contributed by atoms with Crippen molar-refractivity contribution in [1.29, 1.82) is 0 Å². The number of para-hydroxylation sites is 1. The molecular weight excluding hydrogens is 370 g/mol. The summed E-state index contributed by atoms with van der Waals surface area (Å²) in [5.74, 6) is 0.114. The summed E-state index contributed by atoms with van der Waals surface area (Å²) in [6, 6.07) is 20.1. The number of nitrogens with zero attached hydrogens (tertiary/aromatic N) is 4. The number of anilines is 1. The zero-order valence-electron chi connectivity index (χ0n) is 15.8. The highest BCUT2D eigenvalue weighted by molar-refractivity contribution is 5.90. The van der Waals surface area contributed by atoms with Gasteiger partial charge < -0.3 is 10.1 Å². The first-order valence-electron chi connectivity index (χ1n) is 9.04. The van der Waals surface area contributed by atoms with Crippen LogP contribution in [-0.2, 0) is 22.7 Å². The van der Waals surface area contributed by atoms with Crippen LogP contribution in [0.2, 0.25) is 0 Å². The molecular formula is C21H19N5O3. The molecule has 0 aliphatic carbocycles. The summed E-state index contributed by atoms with van der Waals surface area (Å²) < 4.78 is 7.73. The molecule has 1 N–H and O–H groups in total. The summed E-state index contributed by atoms with van der Waals surface area (Å²) in [6.07, 6.45) is 0. The van der Waals surface area contributed by atoms with Crippen molar-refractivity contribution >= 4 is 17.2 Å². The van der Waals surface area contributed by atoms with Crippen molar-refractivity contribution in [1.82, 2.24) is 19.2 Å². The lowest BCUT2D eigenvalue weighted by Crippen LogP contribution is -2.28. The lowest BCUT2D eigenvalue weighted by atomic mass is 10.2. The summed E-state index contributed by atoms with van der Waals surface area (Å²) in [5, 5.41) is 7.09. The number of nitrogens with one attached hydrogen (secondary N) is 1. The Kier molecular flexibility index (Phi) is 5.17. The van der Waals surface area contributed by atoms with E-state index in [2.05, 4.69) is 15.4 Å². The molecule has 8 nitrogen and oxygen atoms in total. The van der Waals surface area contributed by atoms with E-state index in [9.17, 15) is 9.59 Å². The molecule has 1 amide bonds. The number of rotatable bonds is 6. The highest BCUT2D eigenvalue weighted by Gasteiger charge is 2.17. The molecule has 0 spiro atoms. The molecule has 0 aliphatic heterocycles. The van der Waals surface area contributed by atoms with Crippen molar-refractivity contribution < 1.29 is 9.53 Å². The van der Waals surface area contributed by atoms with Gasteiger partial charge >= 0.3 is 5.69 Å². The molecule has 8 heteroatoms. The van der Waals surface area contributed by atoms with E-state index >= 15 is 0 Å². The van der Waals surface area contributed by atoms with Crippen LogP contribution in [0.5, 0.6) is 0 Å². The lowest BCUT2D eigenvalue weighted by molar-refractivity contribution is -0.117. The number of aromatic nitrogens is 4. The van der Waals surface area contributed by atoms with E-state index in [0.29, 0.717) is 22.9 Å². The van der Waals surface area contributed by atoms with Gasteiger partial charge in [-0.15, -0.1) is 5.10 Å². The van der Waals surface area contributed by atoms with Gasteiger partial charge in [0.15, 0.2) is 5.65 Å². The van der Waals surface area contributed by atoms with Gasteiger partial charge in [-0.3, -0.25) is 4.79 Å². The first-order valence-corrected chi connectivity index (χ1v) is 9.04. The number of amides is 1. The van der Waals surface area contributed by atoms with Gasteiger partial charge in [-0.2, -0.15) is 0 Å². The second-order valence-corrected chi connectivity index (χ2v) is 6.42. The largest absolute Gasteiger partial charge is 0.378 e. The molecule has 0 aliphatic rings. The van der Waals surface area contributed by atoms with E-state index in [1.54, 1.807) is 25.3 Å². The third-order valence-corrected chi connectivity index (χ3v) is 4.30. The van der Waals surface area contributed by atoms with Crippen molar-refractivity contribution in [2.24, 2.45) is 0 Å². The van der Waals surface area contributed by atoms with Crippen molar-refractivity contribution in [3.63, 3.8) is 0 Å². The van der Waals surface area contributed by atoms with Gasteiger partial charge in [0.25, 0.3) is 0 Å². The molecule has 2 heterocycles. The minimum Gasteiger partial charge on any atom is -0.378 e. The smallest absolute Gasteiger partial charge is 0.352 e. The Hall–Kier alpha value is -3.78. The van der Waals surface area contributed by atoms with Gasteiger partial charge in [0.05, 0.1) is 12.3 Å². The minimum absolute atomic E-state index is 0.205. The molecule has 0 bridgehead atoms. The fourth-order valence-electron chi connectivity index (χ4n) is 3.05. The quantitative estimate of drug-likeness (QED) is 0.547. The van der Waals surface area contributed by atoms with Crippen LogP contribution in [-0.4, -0.2) is 32.2 Å². The minimum atomic E-state index is -0.432. The van der Waals surface area contributed by atoms with E-state index in [0.717, 1.165) is 10.2 Å². The highest BCUT2D eigenvalue weighted by Crippen LogP contribution is 2.18. The number of fused-ring (bicyclic) bond motifs is 1. The van der Waals surface area contributed by atoms with Gasteiger partial charge in [0.1, 0.15) is 12.4 Å². The summed E-state index contributed by atoms with van der Waals surface area (Å²) in [7, 11) is 1.58. The summed E-state index contributed by atoms with van der Waals surface area (Å²) in [4.78, 5) is 29.9. The Morgan fingerprint density at radius 2 is 1.76 bits per heavy atom. The number of carbonyl (C=O) groups is 1. The Bertz CT molecular complexity index is 1200. The van der Waals surface area contributed by atoms with Crippen molar-refractivity contribution in [3.05, 3.63) is 82.9 Å². The van der Waals surface area contributed by atoms with Crippen molar-refractivity contribution in [3.8, 4) is 11.4 Å². The molecule has 0 fully saturated rings. The molecule has 4 rings (SSSR count). The first kappa shape index (κ1) is 18.6. The normalized spacial score (nSPS) is 10.9. The van der Waals surface area contributed by atoms with Gasteiger partial charge in [-0.25, -0.2) is 18.9 Å². The molecule has 0 saturated carbocycles. The maximum Gasteiger partial charge on any atom is 0.352 e. The second-order valence-electron chi connectivity index (χ2n) is 6.42. The Labute approximate surface area is 166 Å². The average Bonchev–Trinajstić information content (AvgIpc) is 3.04. The van der Waals surface area contributed by atoms with Crippen LogP contribution < -0.4 is 11.0 Å². The van der Waals surface area contributed by atoms with Gasteiger partial charge in [-0.1, -0.05) is 48.5 Å². The molecule has 0 saturated heterocycles. The highest BCUT2D eigenvalue weighted by atomic mass is 16.5. The number of methoxy groups -OCH3 is 1. The van der Waals surface area contributed by atoms with E-state index < -0.39 is 5.69 Å². The molecule has 2 aromatic carbocycles. The van der Waals surface area contributed by atoms with Crippen LogP contribution in [0, 0.1) is 0 Å². The standard InChI is InChI=1S/C21H19N5O3/c1-29-14-17-12-18-24-25(13-19(27)22-16-10-6-3-7-11-16)21(28)26(18)20(23-17)15-8-4-2-5-9-15/h2-12H,13-14H2,1H3,(H,22,27). The van der Waals surface area contributed by atoms with Crippen LogP contribution in [0.1, 0.15) is 5.69 Å². The average molecular weight is 389 g/mol. The topological polar surface area (TPSA) is 90.5 Å². The summed E-state index contributed by atoms with van der Waals surface area (Å²) >= 11 is 0. The van der Waals surface area contributed by atoms with Crippen LogP contribution in [0.25, 0.3) is 17.0 Å². The Morgan fingerprint density at radius 3 is 2.45 bits per heavy atom. The van der Waals surface area contributed by atoms with E-state index in [1.807, 2.05) is 48.5 Å². The predicted molar refractivity (Wildman–Crippen MR) is 108 cm³/mol. The van der Waals surface area contributed by atoms with Gasteiger partial charge in [-0.05, 0) is 12.1 Å². The molecule has 29 heavy (non-hydrogen) atoms.